The van der Waals surface area contributed by atoms with E-state index in [1.165, 1.54) is 0 Å². The van der Waals surface area contributed by atoms with Crippen LogP contribution >= 0.6 is 0 Å². The van der Waals surface area contributed by atoms with Gasteiger partial charge in [-0.05, 0) is 24.5 Å². The highest BCUT2D eigenvalue weighted by Crippen LogP contribution is 2.13. The van der Waals surface area contributed by atoms with Crippen LogP contribution in [0, 0.1) is 0 Å². The molecule has 1 rings (SSSR count). The van der Waals surface area contributed by atoms with Crippen molar-refractivity contribution in [3.8, 4) is 0 Å². The minimum absolute atomic E-state index is 0.0850. The first kappa shape index (κ1) is 11.4. The molecule has 1 aromatic rings. The zero-order valence-electron chi connectivity index (χ0n) is 9.04. The van der Waals surface area contributed by atoms with Crippen LogP contribution in [0.3, 0.4) is 0 Å². The topological polar surface area (TPSA) is 46.2 Å². The van der Waals surface area contributed by atoms with Crippen LogP contribution in [0.5, 0.6) is 0 Å². The summed E-state index contributed by atoms with van der Waals surface area (Å²) >= 11 is 0. The van der Waals surface area contributed by atoms with Crippen molar-refractivity contribution < 1.29 is 9.59 Å². The number of benzene rings is 1. The lowest BCUT2D eigenvalue weighted by Crippen LogP contribution is -2.10. The van der Waals surface area contributed by atoms with Gasteiger partial charge in [-0.2, -0.15) is 0 Å². The second-order valence-electron chi connectivity index (χ2n) is 3.40. The molecular weight excluding hydrogens is 190 g/mol. The molecule has 0 aliphatic carbocycles. The summed E-state index contributed by atoms with van der Waals surface area (Å²) in [7, 11) is 0. The van der Waals surface area contributed by atoms with E-state index in [1.807, 2.05) is 25.1 Å². The van der Waals surface area contributed by atoms with Gasteiger partial charge >= 0.3 is 0 Å². The molecule has 0 radical (unpaired) electrons. The van der Waals surface area contributed by atoms with E-state index in [0.717, 1.165) is 23.1 Å². The molecule has 0 fully saturated rings. The van der Waals surface area contributed by atoms with Crippen LogP contribution in [-0.2, 0) is 17.8 Å². The number of hydrogen-bond acceptors (Lipinski definition) is 2. The van der Waals surface area contributed by atoms with E-state index in [9.17, 15) is 9.59 Å². The lowest BCUT2D eigenvalue weighted by molar-refractivity contribution is -0.109. The maximum Gasteiger partial charge on any atom is 0.207 e. The zero-order chi connectivity index (χ0) is 11.3. The fraction of sp³-hybridized carbons (Fsp3) is 0.333. The maximum atomic E-state index is 11.3. The quantitative estimate of drug-likeness (QED) is 0.587. The number of nitrogens with one attached hydrogen (secondary N) is 1. The highest BCUT2D eigenvalue weighted by molar-refractivity contribution is 5.95. The second kappa shape index (κ2) is 5.29. The van der Waals surface area contributed by atoms with E-state index in [-0.39, 0.29) is 5.78 Å². The third-order valence-corrected chi connectivity index (χ3v) is 2.32. The number of carbonyl (C=O) groups is 2. The van der Waals surface area contributed by atoms with Gasteiger partial charge in [-0.25, -0.2) is 0 Å². The number of aryl methyl sites for hydroxylation is 1. The van der Waals surface area contributed by atoms with Gasteiger partial charge in [-0.3, -0.25) is 9.59 Å². The first-order chi connectivity index (χ1) is 7.19. The lowest BCUT2D eigenvalue weighted by Gasteiger charge is -2.07. The van der Waals surface area contributed by atoms with Gasteiger partial charge in [0.1, 0.15) is 0 Å². The first-order valence-electron chi connectivity index (χ1n) is 4.98. The van der Waals surface area contributed by atoms with Gasteiger partial charge in [0.15, 0.2) is 5.78 Å². The molecule has 0 saturated heterocycles. The number of hydrogen-bond donors (Lipinski definition) is 1. The molecular formula is C12H15NO2. The third-order valence-electron chi connectivity index (χ3n) is 2.32. The Morgan fingerprint density at radius 2 is 2.20 bits per heavy atom. The summed E-state index contributed by atoms with van der Waals surface area (Å²) in [6, 6.07) is 5.66. The van der Waals surface area contributed by atoms with Gasteiger partial charge in [0.25, 0.3) is 0 Å². The summed E-state index contributed by atoms with van der Waals surface area (Å²) in [6.07, 6.45) is 1.49. The van der Waals surface area contributed by atoms with Gasteiger partial charge in [-0.1, -0.05) is 25.1 Å². The fourth-order valence-electron chi connectivity index (χ4n) is 1.55. The van der Waals surface area contributed by atoms with E-state index < -0.39 is 0 Å². The molecule has 0 spiro atoms. The fourth-order valence-corrected chi connectivity index (χ4v) is 1.55. The van der Waals surface area contributed by atoms with E-state index in [0.29, 0.717) is 13.0 Å². The molecule has 0 bridgehead atoms. The Labute approximate surface area is 89.5 Å². The van der Waals surface area contributed by atoms with Crippen LogP contribution in [0.2, 0.25) is 0 Å². The van der Waals surface area contributed by atoms with Gasteiger partial charge in [-0.15, -0.1) is 0 Å². The van der Waals surface area contributed by atoms with E-state index >= 15 is 0 Å². The smallest absolute Gasteiger partial charge is 0.207 e. The Kier molecular flexibility index (Phi) is 4.03. The van der Waals surface area contributed by atoms with Gasteiger partial charge in [0.05, 0.1) is 0 Å². The van der Waals surface area contributed by atoms with Crippen molar-refractivity contribution in [1.82, 2.24) is 5.32 Å². The first-order valence-corrected chi connectivity index (χ1v) is 4.98. The van der Waals surface area contributed by atoms with Crippen molar-refractivity contribution in [1.29, 1.82) is 0 Å². The molecule has 0 aliphatic heterocycles. The van der Waals surface area contributed by atoms with Crippen LogP contribution in [-0.4, -0.2) is 12.2 Å². The number of carbonyl (C=O) groups excluding carboxylic acids is 2. The molecule has 0 aromatic heterocycles. The zero-order valence-corrected chi connectivity index (χ0v) is 9.04. The number of amides is 1. The summed E-state index contributed by atoms with van der Waals surface area (Å²) in [5, 5.41) is 2.60. The van der Waals surface area contributed by atoms with Crippen LogP contribution in [0.1, 0.15) is 35.3 Å². The van der Waals surface area contributed by atoms with Crippen LogP contribution in [0.4, 0.5) is 0 Å². The molecule has 0 unspecified atom stereocenters. The van der Waals surface area contributed by atoms with Crippen molar-refractivity contribution in [2.45, 2.75) is 26.8 Å². The molecule has 15 heavy (non-hydrogen) atoms. The normalized spacial score (nSPS) is 9.73. The predicted molar refractivity (Wildman–Crippen MR) is 58.7 cm³/mol. The van der Waals surface area contributed by atoms with Gasteiger partial charge in [0, 0.05) is 12.1 Å². The SMILES string of the molecule is CCc1cc(CNC=O)ccc1C(C)=O. The molecule has 80 valence electrons. The Balaban J connectivity index is 2.96. The van der Waals surface area contributed by atoms with Crippen molar-refractivity contribution in [2.75, 3.05) is 0 Å². The largest absolute Gasteiger partial charge is 0.355 e. The van der Waals surface area contributed by atoms with Gasteiger partial charge < -0.3 is 5.32 Å². The highest BCUT2D eigenvalue weighted by atomic mass is 16.1. The average molecular weight is 205 g/mol. The Morgan fingerprint density at radius 1 is 1.47 bits per heavy atom. The average Bonchev–Trinajstić information content (AvgIpc) is 2.25. The standard InChI is InChI=1S/C12H15NO2/c1-3-11-6-10(7-13-8-14)4-5-12(11)9(2)15/h4-6,8H,3,7H2,1-2H3,(H,13,14). The van der Waals surface area contributed by atoms with E-state index in [1.54, 1.807) is 6.92 Å². The number of ketones is 1. The molecule has 1 N–H and O–H groups in total. The maximum absolute atomic E-state index is 11.3. The number of Topliss-reactive ketones (excluding diaryl/α,β-unsaturated/α-hetero) is 1. The van der Waals surface area contributed by atoms with Crippen molar-refractivity contribution in [2.24, 2.45) is 0 Å². The van der Waals surface area contributed by atoms with Gasteiger partial charge in [0.2, 0.25) is 6.41 Å². The molecule has 0 atom stereocenters. The van der Waals surface area contributed by atoms with E-state index in [2.05, 4.69) is 5.32 Å². The van der Waals surface area contributed by atoms with Crippen molar-refractivity contribution in [3.05, 3.63) is 34.9 Å². The molecule has 3 nitrogen and oxygen atoms in total. The second-order valence-corrected chi connectivity index (χ2v) is 3.40. The molecule has 1 aromatic carbocycles. The Hall–Kier alpha value is -1.64. The molecule has 3 heteroatoms. The monoisotopic (exact) mass is 205 g/mol. The number of rotatable bonds is 5. The summed E-state index contributed by atoms with van der Waals surface area (Å²) in [5.41, 5.74) is 2.82. The molecule has 1 amide bonds. The lowest BCUT2D eigenvalue weighted by atomic mass is 9.99. The summed E-state index contributed by atoms with van der Waals surface area (Å²) in [5.74, 6) is 0.0850. The summed E-state index contributed by atoms with van der Waals surface area (Å²) in [6.45, 7) is 4.09. The van der Waals surface area contributed by atoms with Crippen molar-refractivity contribution in [3.63, 3.8) is 0 Å². The molecule has 0 aliphatic rings. The van der Waals surface area contributed by atoms with Crippen molar-refractivity contribution >= 4 is 12.2 Å². The third kappa shape index (κ3) is 2.91. The van der Waals surface area contributed by atoms with E-state index in [4.69, 9.17) is 0 Å². The Bertz CT molecular complexity index is 372. The minimum Gasteiger partial charge on any atom is -0.355 e. The summed E-state index contributed by atoms with van der Waals surface area (Å²) in [4.78, 5) is 21.4. The summed E-state index contributed by atoms with van der Waals surface area (Å²) < 4.78 is 0. The highest BCUT2D eigenvalue weighted by Gasteiger charge is 2.06. The van der Waals surface area contributed by atoms with Crippen LogP contribution < -0.4 is 5.32 Å². The molecule has 0 saturated carbocycles. The van der Waals surface area contributed by atoms with Crippen LogP contribution in [0.15, 0.2) is 18.2 Å². The van der Waals surface area contributed by atoms with Crippen LogP contribution in [0.25, 0.3) is 0 Å². The predicted octanol–water partition coefficient (Wildman–Crippen LogP) is 1.70. The minimum atomic E-state index is 0.0850. The Morgan fingerprint density at radius 3 is 2.73 bits per heavy atom. The molecule has 0 heterocycles.